The topological polar surface area (TPSA) is 52.6 Å². The highest BCUT2D eigenvalue weighted by atomic mass is 16.5. The summed E-state index contributed by atoms with van der Waals surface area (Å²) in [6, 6.07) is 15.3. The van der Waals surface area contributed by atoms with Crippen molar-refractivity contribution in [3.8, 4) is 5.75 Å². The van der Waals surface area contributed by atoms with E-state index in [1.807, 2.05) is 30.3 Å². The number of rotatable bonds is 10. The van der Waals surface area contributed by atoms with Gasteiger partial charge in [-0.15, -0.1) is 0 Å². The Bertz CT molecular complexity index is 680. The van der Waals surface area contributed by atoms with Crippen LogP contribution in [0.3, 0.4) is 0 Å². The molecule has 0 atom stereocenters. The van der Waals surface area contributed by atoms with Gasteiger partial charge in [-0.05, 0) is 30.9 Å². The lowest BCUT2D eigenvalue weighted by Crippen LogP contribution is -2.06. The van der Waals surface area contributed by atoms with Gasteiger partial charge in [0, 0.05) is 24.7 Å². The minimum Gasteiger partial charge on any atom is -0.426 e. The quantitative estimate of drug-likeness (QED) is 0.279. The molecule has 2 aromatic carbocycles. The van der Waals surface area contributed by atoms with Gasteiger partial charge in [-0.3, -0.25) is 9.59 Å². The number of carbonyl (C=O) groups is 2. The Balaban J connectivity index is 1.74. The Kier molecular flexibility index (Phi) is 7.86. The molecule has 0 bridgehead atoms. The average molecular weight is 340 g/mol. The molecule has 2 rings (SSSR count). The van der Waals surface area contributed by atoms with Crippen molar-refractivity contribution in [2.75, 3.05) is 6.61 Å². The molecule has 0 N–H and O–H groups in total. The van der Waals surface area contributed by atoms with E-state index in [0.29, 0.717) is 30.9 Å². The summed E-state index contributed by atoms with van der Waals surface area (Å²) in [4.78, 5) is 22.4. The van der Waals surface area contributed by atoms with Crippen LogP contribution >= 0.6 is 0 Å². The van der Waals surface area contributed by atoms with E-state index >= 15 is 0 Å². The van der Waals surface area contributed by atoms with Crippen LogP contribution in [0.15, 0.2) is 48.5 Å². The van der Waals surface area contributed by atoms with Gasteiger partial charge in [0.05, 0.1) is 6.61 Å². The lowest BCUT2D eigenvalue weighted by Gasteiger charge is -2.11. The van der Waals surface area contributed by atoms with Crippen LogP contribution in [0.1, 0.15) is 47.7 Å². The normalized spacial score (nSPS) is 10.4. The third-order valence-corrected chi connectivity index (χ3v) is 3.88. The zero-order valence-electron chi connectivity index (χ0n) is 14.6. The summed E-state index contributed by atoms with van der Waals surface area (Å²) < 4.78 is 10.9. The number of aldehydes is 1. The molecule has 0 saturated carbocycles. The molecule has 0 heterocycles. The number of hydrogen-bond acceptors (Lipinski definition) is 4. The molecule has 0 radical (unpaired) electrons. The van der Waals surface area contributed by atoms with Gasteiger partial charge in [0.25, 0.3) is 0 Å². The molecule has 132 valence electrons. The van der Waals surface area contributed by atoms with Gasteiger partial charge in [-0.2, -0.15) is 0 Å². The number of unbranched alkanes of at least 4 members (excludes halogenated alkanes) is 2. The average Bonchev–Trinajstić information content (AvgIpc) is 2.62. The summed E-state index contributed by atoms with van der Waals surface area (Å²) in [5.74, 6) is 0.107. The number of hydrogen-bond donors (Lipinski definition) is 0. The second kappa shape index (κ2) is 10.4. The van der Waals surface area contributed by atoms with Gasteiger partial charge in [0.1, 0.15) is 12.0 Å². The maximum Gasteiger partial charge on any atom is 0.308 e. The number of carbonyl (C=O) groups excluding carboxylic acids is 2. The first-order valence-corrected chi connectivity index (χ1v) is 8.58. The van der Waals surface area contributed by atoms with E-state index in [1.54, 1.807) is 18.2 Å². The van der Waals surface area contributed by atoms with Crippen LogP contribution in [0.2, 0.25) is 0 Å². The first kappa shape index (κ1) is 18.9. The zero-order valence-corrected chi connectivity index (χ0v) is 14.6. The molecule has 0 amide bonds. The molecular weight excluding hydrogens is 316 g/mol. The Morgan fingerprint density at radius 1 is 1.00 bits per heavy atom. The molecule has 0 saturated heterocycles. The first-order valence-electron chi connectivity index (χ1n) is 8.58. The van der Waals surface area contributed by atoms with Crippen molar-refractivity contribution in [1.29, 1.82) is 0 Å². The van der Waals surface area contributed by atoms with E-state index in [2.05, 4.69) is 0 Å². The van der Waals surface area contributed by atoms with E-state index in [4.69, 9.17) is 9.47 Å². The highest BCUT2D eigenvalue weighted by Gasteiger charge is 2.10. The van der Waals surface area contributed by atoms with Crippen LogP contribution in [0, 0.1) is 0 Å². The minimum absolute atomic E-state index is 0.376. The molecule has 25 heavy (non-hydrogen) atoms. The van der Waals surface area contributed by atoms with Crippen molar-refractivity contribution in [2.24, 2.45) is 0 Å². The summed E-state index contributed by atoms with van der Waals surface area (Å²) in [5, 5.41) is 0. The lowest BCUT2D eigenvalue weighted by molar-refractivity contribution is -0.131. The molecular formula is C21H24O4. The molecule has 4 nitrogen and oxygen atoms in total. The van der Waals surface area contributed by atoms with E-state index < -0.39 is 0 Å². The Morgan fingerprint density at radius 3 is 2.52 bits per heavy atom. The maximum atomic E-state index is 11.2. The standard InChI is InChI=1S/C21H24O4/c1-17(23)25-21-13-8-11-19(15-22)20(21)12-6-3-7-14-24-16-18-9-4-2-5-10-18/h2,4-5,8-11,13,15H,3,6-7,12,14,16H2,1H3. The van der Waals surface area contributed by atoms with Gasteiger partial charge in [0.2, 0.25) is 0 Å². The second-order valence-electron chi connectivity index (χ2n) is 5.88. The molecule has 0 aliphatic carbocycles. The molecule has 4 heteroatoms. The van der Waals surface area contributed by atoms with Crippen molar-refractivity contribution in [1.82, 2.24) is 0 Å². The van der Waals surface area contributed by atoms with Crippen molar-refractivity contribution >= 4 is 12.3 Å². The first-order chi connectivity index (χ1) is 12.2. The van der Waals surface area contributed by atoms with Crippen LogP contribution < -0.4 is 4.74 Å². The van der Waals surface area contributed by atoms with Crippen LogP contribution in [0.4, 0.5) is 0 Å². The highest BCUT2D eigenvalue weighted by Crippen LogP contribution is 2.24. The smallest absolute Gasteiger partial charge is 0.308 e. The monoisotopic (exact) mass is 340 g/mol. The minimum atomic E-state index is -0.376. The van der Waals surface area contributed by atoms with Crippen LogP contribution in [0.5, 0.6) is 5.75 Å². The van der Waals surface area contributed by atoms with Crippen molar-refractivity contribution in [2.45, 2.75) is 39.2 Å². The third-order valence-electron chi connectivity index (χ3n) is 3.88. The molecule has 0 spiro atoms. The Morgan fingerprint density at radius 2 is 1.80 bits per heavy atom. The summed E-state index contributed by atoms with van der Waals surface area (Å²) in [6.45, 7) is 2.70. The van der Waals surface area contributed by atoms with Crippen LogP contribution in [-0.4, -0.2) is 18.9 Å². The summed E-state index contributed by atoms with van der Waals surface area (Å²) >= 11 is 0. The largest absolute Gasteiger partial charge is 0.426 e. The van der Waals surface area contributed by atoms with Gasteiger partial charge in [-0.1, -0.05) is 48.9 Å². The van der Waals surface area contributed by atoms with Gasteiger partial charge < -0.3 is 9.47 Å². The molecule has 0 unspecified atom stereocenters. The van der Waals surface area contributed by atoms with Gasteiger partial charge in [-0.25, -0.2) is 0 Å². The van der Waals surface area contributed by atoms with Crippen molar-refractivity contribution < 1.29 is 19.1 Å². The molecule has 0 aliphatic heterocycles. The fourth-order valence-corrected chi connectivity index (χ4v) is 2.66. The maximum absolute atomic E-state index is 11.2. The molecule has 0 fully saturated rings. The number of ether oxygens (including phenoxy) is 2. The second-order valence-corrected chi connectivity index (χ2v) is 5.88. The van der Waals surface area contributed by atoms with Gasteiger partial charge in [0.15, 0.2) is 0 Å². The van der Waals surface area contributed by atoms with Crippen molar-refractivity contribution in [3.63, 3.8) is 0 Å². The number of esters is 1. The fourth-order valence-electron chi connectivity index (χ4n) is 2.66. The predicted octanol–water partition coefficient (Wildman–Crippen LogP) is 4.35. The summed E-state index contributed by atoms with van der Waals surface area (Å²) in [7, 11) is 0. The highest BCUT2D eigenvalue weighted by molar-refractivity contribution is 5.80. The fraction of sp³-hybridized carbons (Fsp3) is 0.333. The van der Waals surface area contributed by atoms with E-state index in [-0.39, 0.29) is 5.97 Å². The molecule has 0 aliphatic rings. The predicted molar refractivity (Wildman–Crippen MR) is 96.8 cm³/mol. The third kappa shape index (κ3) is 6.51. The van der Waals surface area contributed by atoms with Crippen molar-refractivity contribution in [3.05, 3.63) is 65.2 Å². The van der Waals surface area contributed by atoms with E-state index in [0.717, 1.165) is 31.1 Å². The lowest BCUT2D eigenvalue weighted by atomic mass is 10.0. The Hall–Kier alpha value is -2.46. The van der Waals surface area contributed by atoms with Crippen LogP contribution in [0.25, 0.3) is 0 Å². The molecule has 2 aromatic rings. The summed E-state index contributed by atoms with van der Waals surface area (Å²) in [6.07, 6.45) is 4.37. The van der Waals surface area contributed by atoms with E-state index in [1.165, 1.54) is 12.5 Å². The number of benzene rings is 2. The van der Waals surface area contributed by atoms with Gasteiger partial charge >= 0.3 is 5.97 Å². The zero-order chi connectivity index (χ0) is 17.9. The molecule has 0 aromatic heterocycles. The van der Waals surface area contributed by atoms with Crippen LogP contribution in [-0.2, 0) is 22.6 Å². The SMILES string of the molecule is CC(=O)Oc1cccc(C=O)c1CCCCCOCc1ccccc1. The van der Waals surface area contributed by atoms with E-state index in [9.17, 15) is 9.59 Å². The Labute approximate surface area is 148 Å². The summed E-state index contributed by atoms with van der Waals surface area (Å²) in [5.41, 5.74) is 2.56.